The lowest BCUT2D eigenvalue weighted by Gasteiger charge is -2.17. The van der Waals surface area contributed by atoms with E-state index >= 15 is 0 Å². The van der Waals surface area contributed by atoms with Crippen LogP contribution in [0.15, 0.2) is 36.4 Å². The van der Waals surface area contributed by atoms with Crippen LogP contribution in [0.5, 0.6) is 11.5 Å². The van der Waals surface area contributed by atoms with E-state index in [0.29, 0.717) is 27.1 Å². The van der Waals surface area contributed by atoms with Gasteiger partial charge in [-0.2, -0.15) is 5.26 Å². The number of rotatable bonds is 6. The van der Waals surface area contributed by atoms with Crippen molar-refractivity contribution in [2.45, 2.75) is 26.4 Å². The summed E-state index contributed by atoms with van der Waals surface area (Å²) in [5.41, 5.74) is 1.97. The van der Waals surface area contributed by atoms with E-state index in [0.717, 1.165) is 17.5 Å². The molecule has 0 aliphatic carbocycles. The van der Waals surface area contributed by atoms with Crippen LogP contribution in [-0.2, 0) is 0 Å². The molecule has 0 saturated carbocycles. The van der Waals surface area contributed by atoms with Crippen molar-refractivity contribution in [2.75, 3.05) is 7.11 Å². The number of nitrogens with zero attached hydrogens (tertiary/aromatic N) is 1. The second-order valence-corrected chi connectivity index (χ2v) is 6.39. The van der Waals surface area contributed by atoms with Crippen LogP contribution in [0.3, 0.4) is 0 Å². The zero-order valence-electron chi connectivity index (χ0n) is 14.3. The van der Waals surface area contributed by atoms with Crippen LogP contribution >= 0.6 is 23.2 Å². The zero-order chi connectivity index (χ0) is 18.4. The van der Waals surface area contributed by atoms with Gasteiger partial charge in [0.05, 0.1) is 29.9 Å². The molecule has 2 aromatic carbocycles. The first-order valence-corrected chi connectivity index (χ1v) is 8.66. The number of nitriles is 1. The maximum atomic E-state index is 9.48. The molecule has 2 rings (SSSR count). The summed E-state index contributed by atoms with van der Waals surface area (Å²) in [6.07, 6.45) is 2.62. The fourth-order valence-corrected chi connectivity index (χ4v) is 2.68. The van der Waals surface area contributed by atoms with E-state index in [9.17, 15) is 5.26 Å². The van der Waals surface area contributed by atoms with Crippen LogP contribution in [0, 0.1) is 11.3 Å². The standard InChI is InChI=1S/C20H19Cl2NO2/c1-4-13(2)25-20-18(22)9-14(10-19(20)24-3)8-16(12-23)15-6-5-7-17(21)11-15/h5-11,13H,4H2,1-3H3. The normalized spacial score (nSPS) is 12.4. The van der Waals surface area contributed by atoms with Crippen LogP contribution < -0.4 is 9.47 Å². The van der Waals surface area contributed by atoms with Gasteiger partial charge in [0.25, 0.3) is 0 Å². The molecule has 1 atom stereocenters. The lowest BCUT2D eigenvalue weighted by molar-refractivity contribution is 0.208. The minimum atomic E-state index is 0.0222. The SMILES string of the molecule is CCC(C)Oc1c(Cl)cc(C=C(C#N)c2cccc(Cl)c2)cc1OC. The van der Waals surface area contributed by atoms with Gasteiger partial charge in [0.2, 0.25) is 0 Å². The highest BCUT2D eigenvalue weighted by atomic mass is 35.5. The summed E-state index contributed by atoms with van der Waals surface area (Å²) >= 11 is 12.4. The number of hydrogen-bond acceptors (Lipinski definition) is 3. The van der Waals surface area contributed by atoms with Gasteiger partial charge in [-0.1, -0.05) is 42.3 Å². The minimum Gasteiger partial charge on any atom is -0.493 e. The summed E-state index contributed by atoms with van der Waals surface area (Å²) in [6, 6.07) is 12.9. The molecule has 0 amide bonds. The van der Waals surface area contributed by atoms with Crippen LogP contribution in [0.1, 0.15) is 31.4 Å². The van der Waals surface area contributed by atoms with Crippen molar-refractivity contribution in [1.82, 2.24) is 0 Å². The summed E-state index contributed by atoms with van der Waals surface area (Å²) in [7, 11) is 1.56. The molecule has 0 heterocycles. The summed E-state index contributed by atoms with van der Waals surface area (Å²) in [4.78, 5) is 0. The van der Waals surface area contributed by atoms with Gasteiger partial charge in [0, 0.05) is 5.02 Å². The van der Waals surface area contributed by atoms with Gasteiger partial charge in [-0.15, -0.1) is 0 Å². The number of allylic oxidation sites excluding steroid dienone is 1. The van der Waals surface area contributed by atoms with Gasteiger partial charge in [0.15, 0.2) is 11.5 Å². The molecule has 0 radical (unpaired) electrons. The van der Waals surface area contributed by atoms with E-state index in [-0.39, 0.29) is 6.10 Å². The second-order valence-electron chi connectivity index (χ2n) is 5.55. The Labute approximate surface area is 158 Å². The Morgan fingerprint density at radius 3 is 2.64 bits per heavy atom. The lowest BCUT2D eigenvalue weighted by atomic mass is 10.0. The minimum absolute atomic E-state index is 0.0222. The molecule has 0 N–H and O–H groups in total. The highest BCUT2D eigenvalue weighted by Gasteiger charge is 2.14. The van der Waals surface area contributed by atoms with Crippen molar-refractivity contribution < 1.29 is 9.47 Å². The summed E-state index contributed by atoms with van der Waals surface area (Å²) < 4.78 is 11.3. The highest BCUT2D eigenvalue weighted by Crippen LogP contribution is 2.38. The molecule has 3 nitrogen and oxygen atoms in total. The molecule has 2 aromatic rings. The maximum Gasteiger partial charge on any atom is 0.180 e. The monoisotopic (exact) mass is 375 g/mol. The molecule has 0 saturated heterocycles. The van der Waals surface area contributed by atoms with Crippen molar-refractivity contribution in [1.29, 1.82) is 5.26 Å². The summed E-state index contributed by atoms with van der Waals surface area (Å²) in [6.45, 7) is 4.00. The fraction of sp³-hybridized carbons (Fsp3) is 0.250. The third-order valence-electron chi connectivity index (χ3n) is 3.71. The zero-order valence-corrected chi connectivity index (χ0v) is 15.9. The molecule has 0 fully saturated rings. The van der Waals surface area contributed by atoms with Crippen LogP contribution in [0.4, 0.5) is 0 Å². The van der Waals surface area contributed by atoms with Gasteiger partial charge in [-0.3, -0.25) is 0 Å². The van der Waals surface area contributed by atoms with Crippen LogP contribution in [-0.4, -0.2) is 13.2 Å². The topological polar surface area (TPSA) is 42.2 Å². The van der Waals surface area contributed by atoms with E-state index in [2.05, 4.69) is 6.07 Å². The first-order chi connectivity index (χ1) is 12.0. The molecular formula is C20H19Cl2NO2. The summed E-state index contributed by atoms with van der Waals surface area (Å²) in [5, 5.41) is 10.5. The molecular weight excluding hydrogens is 357 g/mol. The number of ether oxygens (including phenoxy) is 2. The Morgan fingerprint density at radius 1 is 1.28 bits per heavy atom. The Morgan fingerprint density at radius 2 is 2.04 bits per heavy atom. The number of halogens is 2. The van der Waals surface area contributed by atoms with Crippen molar-refractivity contribution in [2.24, 2.45) is 0 Å². The van der Waals surface area contributed by atoms with Crippen LogP contribution in [0.2, 0.25) is 10.0 Å². The predicted molar refractivity (Wildman–Crippen MR) is 103 cm³/mol. The number of benzene rings is 2. The molecule has 0 aliphatic rings. The molecule has 5 heteroatoms. The first kappa shape index (κ1) is 19.2. The fourth-order valence-electron chi connectivity index (χ4n) is 2.22. The quantitative estimate of drug-likeness (QED) is 0.442. The Hall–Kier alpha value is -2.15. The third kappa shape index (κ3) is 4.92. The molecule has 0 aromatic heterocycles. The Kier molecular flexibility index (Phi) is 6.75. The second kappa shape index (κ2) is 8.80. The van der Waals surface area contributed by atoms with E-state index < -0.39 is 0 Å². The Bertz CT molecular complexity index is 825. The lowest BCUT2D eigenvalue weighted by Crippen LogP contribution is -2.11. The van der Waals surface area contributed by atoms with Crippen molar-refractivity contribution >= 4 is 34.9 Å². The van der Waals surface area contributed by atoms with E-state index in [1.54, 1.807) is 43.5 Å². The van der Waals surface area contributed by atoms with Crippen molar-refractivity contribution in [3.8, 4) is 17.6 Å². The van der Waals surface area contributed by atoms with E-state index in [1.807, 2.05) is 19.9 Å². The smallest absolute Gasteiger partial charge is 0.180 e. The van der Waals surface area contributed by atoms with Gasteiger partial charge in [-0.25, -0.2) is 0 Å². The molecule has 0 aliphatic heterocycles. The van der Waals surface area contributed by atoms with Gasteiger partial charge < -0.3 is 9.47 Å². The first-order valence-electron chi connectivity index (χ1n) is 7.90. The average molecular weight is 376 g/mol. The van der Waals surface area contributed by atoms with Crippen molar-refractivity contribution in [3.05, 3.63) is 57.6 Å². The van der Waals surface area contributed by atoms with Gasteiger partial charge >= 0.3 is 0 Å². The number of methoxy groups -OCH3 is 1. The molecule has 0 spiro atoms. The van der Waals surface area contributed by atoms with E-state index in [4.69, 9.17) is 32.7 Å². The van der Waals surface area contributed by atoms with Crippen molar-refractivity contribution in [3.63, 3.8) is 0 Å². The summed E-state index contributed by atoms with van der Waals surface area (Å²) in [5.74, 6) is 1.04. The maximum absolute atomic E-state index is 9.48. The average Bonchev–Trinajstić information content (AvgIpc) is 2.61. The third-order valence-corrected chi connectivity index (χ3v) is 4.23. The molecule has 1 unspecified atom stereocenters. The molecule has 0 bridgehead atoms. The van der Waals surface area contributed by atoms with Crippen LogP contribution in [0.25, 0.3) is 11.6 Å². The molecule has 130 valence electrons. The molecule has 25 heavy (non-hydrogen) atoms. The number of hydrogen-bond donors (Lipinski definition) is 0. The Balaban J connectivity index is 2.45. The predicted octanol–water partition coefficient (Wildman–Crippen LogP) is 6.24. The van der Waals surface area contributed by atoms with Gasteiger partial charge in [-0.05, 0) is 54.8 Å². The van der Waals surface area contributed by atoms with E-state index in [1.165, 1.54) is 0 Å². The highest BCUT2D eigenvalue weighted by molar-refractivity contribution is 6.32. The largest absolute Gasteiger partial charge is 0.493 e. The van der Waals surface area contributed by atoms with Gasteiger partial charge in [0.1, 0.15) is 0 Å².